The molecule has 6 nitrogen and oxygen atoms in total. The van der Waals surface area contributed by atoms with Gasteiger partial charge in [-0.2, -0.15) is 13.2 Å². The van der Waals surface area contributed by atoms with E-state index in [-0.39, 0.29) is 17.7 Å². The van der Waals surface area contributed by atoms with Crippen molar-refractivity contribution < 1.29 is 22.7 Å². The second-order valence-electron chi connectivity index (χ2n) is 7.37. The monoisotopic (exact) mass is 426 g/mol. The normalized spacial score (nSPS) is 27.0. The number of nitrogens with one attached hydrogen (secondary N) is 3. The van der Waals surface area contributed by atoms with Crippen LogP contribution in [0.15, 0.2) is 35.9 Å². The number of alkyl halides is 3. The number of carbonyl (C=O) groups excluding carboxylic acids is 1. The summed E-state index contributed by atoms with van der Waals surface area (Å²) >= 11 is 1.07. The Bertz CT molecular complexity index is 889. The van der Waals surface area contributed by atoms with E-state index in [1.165, 1.54) is 6.20 Å². The van der Waals surface area contributed by atoms with Gasteiger partial charge in [-0.15, -0.1) is 0 Å². The summed E-state index contributed by atoms with van der Waals surface area (Å²) in [7, 11) is 0. The molecule has 1 fully saturated rings. The van der Waals surface area contributed by atoms with Gasteiger partial charge in [0.25, 0.3) is 0 Å². The molecular weight excluding hydrogens is 405 g/mol. The number of ether oxygens (including phenoxy) is 1. The van der Waals surface area contributed by atoms with E-state index < -0.39 is 23.9 Å². The van der Waals surface area contributed by atoms with Crippen LogP contribution in [-0.2, 0) is 9.53 Å². The van der Waals surface area contributed by atoms with Crippen molar-refractivity contribution in [2.75, 3.05) is 6.61 Å². The Kier molecular flexibility index (Phi) is 5.24. The highest BCUT2D eigenvalue weighted by Crippen LogP contribution is 2.48. The molecule has 29 heavy (non-hydrogen) atoms. The van der Waals surface area contributed by atoms with Gasteiger partial charge < -0.3 is 20.4 Å². The van der Waals surface area contributed by atoms with E-state index in [0.717, 1.165) is 35.0 Å². The molecule has 2 aromatic rings. The molecule has 1 aliphatic heterocycles. The highest BCUT2D eigenvalue weighted by atomic mass is 32.2. The number of fused-ring (bicyclic) bond motifs is 1. The molecule has 1 aromatic carbocycles. The summed E-state index contributed by atoms with van der Waals surface area (Å²) in [5, 5.41) is 5.82. The lowest BCUT2D eigenvalue weighted by Crippen LogP contribution is -2.57. The summed E-state index contributed by atoms with van der Waals surface area (Å²) in [6.07, 6.45) is -1.79. The first-order valence-electron chi connectivity index (χ1n) is 9.31. The predicted octanol–water partition coefficient (Wildman–Crippen LogP) is 3.60. The number of hydrogen-bond acceptors (Lipinski definition) is 5. The van der Waals surface area contributed by atoms with E-state index in [2.05, 4.69) is 20.6 Å². The zero-order valence-corrected chi connectivity index (χ0v) is 16.4. The van der Waals surface area contributed by atoms with Gasteiger partial charge >= 0.3 is 6.18 Å². The van der Waals surface area contributed by atoms with Crippen LogP contribution >= 0.6 is 11.8 Å². The second-order valence-corrected chi connectivity index (χ2v) is 8.49. The van der Waals surface area contributed by atoms with Crippen LogP contribution < -0.4 is 10.6 Å². The average Bonchev–Trinajstić information content (AvgIpc) is 3.08. The standard InChI is InChI=1S/C19H21F3N4O2S/c1-11(19(23-6-7-29-19)28-10-18(20,21)22)24-16(27)9-12-8-13(12)17-25-14-4-2-3-5-15(14)26-17/h2-7,11-13,23H,8-10H2,1H3,(H,24,27)(H,25,26)/t11-,12-,13-,19?/m1/s1. The van der Waals surface area contributed by atoms with E-state index in [1.54, 1.807) is 12.3 Å². The topological polar surface area (TPSA) is 79.0 Å². The molecule has 2 heterocycles. The summed E-state index contributed by atoms with van der Waals surface area (Å²) in [6, 6.07) is 7.08. The molecular formula is C19H21F3N4O2S. The van der Waals surface area contributed by atoms with Crippen LogP contribution in [0, 0.1) is 5.92 Å². The minimum absolute atomic E-state index is 0.164. The third-order valence-corrected chi connectivity index (χ3v) is 6.33. The number of H-pyrrole nitrogens is 1. The van der Waals surface area contributed by atoms with Gasteiger partial charge in [0.05, 0.1) is 17.1 Å². The molecule has 0 radical (unpaired) electrons. The zero-order chi connectivity index (χ0) is 20.6. The van der Waals surface area contributed by atoms with Gasteiger partial charge in [-0.05, 0) is 36.8 Å². The lowest BCUT2D eigenvalue weighted by molar-refractivity contribution is -0.195. The summed E-state index contributed by atoms with van der Waals surface area (Å²) in [5.74, 6) is 1.02. The second kappa shape index (κ2) is 7.56. The smallest absolute Gasteiger partial charge is 0.353 e. The molecule has 4 rings (SSSR count). The molecule has 10 heteroatoms. The summed E-state index contributed by atoms with van der Waals surface area (Å²) in [6.45, 7) is 0.233. The third kappa shape index (κ3) is 4.53. The number of halogens is 3. The highest BCUT2D eigenvalue weighted by Gasteiger charge is 2.45. The highest BCUT2D eigenvalue weighted by molar-refractivity contribution is 8.03. The molecule has 3 N–H and O–H groups in total. The summed E-state index contributed by atoms with van der Waals surface area (Å²) in [5.41, 5.74) is 1.86. The first-order chi connectivity index (χ1) is 13.8. The number of benzene rings is 1. The number of rotatable bonds is 7. The van der Waals surface area contributed by atoms with Crippen molar-refractivity contribution in [1.29, 1.82) is 0 Å². The fourth-order valence-corrected chi connectivity index (χ4v) is 4.39. The number of aromatic amines is 1. The number of para-hydroxylation sites is 2. The number of carbonyl (C=O) groups is 1. The number of hydrogen-bond donors (Lipinski definition) is 3. The average molecular weight is 426 g/mol. The van der Waals surface area contributed by atoms with Gasteiger partial charge in [0.2, 0.25) is 11.0 Å². The van der Waals surface area contributed by atoms with E-state index in [4.69, 9.17) is 4.74 Å². The van der Waals surface area contributed by atoms with Crippen LogP contribution in [0.4, 0.5) is 13.2 Å². The number of imidazole rings is 1. The fraction of sp³-hybridized carbons (Fsp3) is 0.474. The third-order valence-electron chi connectivity index (χ3n) is 5.12. The largest absolute Gasteiger partial charge is 0.411 e. The number of thioether (sulfide) groups is 1. The van der Waals surface area contributed by atoms with Gasteiger partial charge in [-0.25, -0.2) is 4.98 Å². The van der Waals surface area contributed by atoms with E-state index >= 15 is 0 Å². The molecule has 1 aromatic heterocycles. The number of nitrogens with zero attached hydrogens (tertiary/aromatic N) is 1. The van der Waals surface area contributed by atoms with Crippen LogP contribution in [0.1, 0.15) is 31.5 Å². The minimum Gasteiger partial charge on any atom is -0.353 e. The SMILES string of the molecule is C[C@@H](NC(=O)C[C@H]1C[C@H]1c1nc2ccccc2[nH]1)C1(OCC(F)(F)F)NC=CS1. The van der Waals surface area contributed by atoms with Crippen LogP contribution in [0.25, 0.3) is 11.0 Å². The van der Waals surface area contributed by atoms with Crippen LogP contribution in [-0.4, -0.2) is 39.8 Å². The Morgan fingerprint density at radius 2 is 2.24 bits per heavy atom. The van der Waals surface area contributed by atoms with Crippen molar-refractivity contribution in [3.05, 3.63) is 41.7 Å². The van der Waals surface area contributed by atoms with E-state index in [0.29, 0.717) is 6.42 Å². The summed E-state index contributed by atoms with van der Waals surface area (Å²) < 4.78 is 42.9. The molecule has 1 amide bonds. The minimum atomic E-state index is -4.45. The maximum atomic E-state index is 12.6. The lowest BCUT2D eigenvalue weighted by atomic mass is 10.2. The molecule has 0 bridgehead atoms. The van der Waals surface area contributed by atoms with Crippen molar-refractivity contribution in [2.45, 2.75) is 43.0 Å². The first-order valence-corrected chi connectivity index (χ1v) is 10.2. The molecule has 0 spiro atoms. The molecule has 0 saturated heterocycles. The van der Waals surface area contributed by atoms with Gasteiger partial charge in [-0.3, -0.25) is 4.79 Å². The molecule has 2 aliphatic rings. The maximum absolute atomic E-state index is 12.6. The van der Waals surface area contributed by atoms with E-state index in [9.17, 15) is 18.0 Å². The molecule has 1 unspecified atom stereocenters. The van der Waals surface area contributed by atoms with Gasteiger partial charge in [0.1, 0.15) is 12.4 Å². The predicted molar refractivity (Wildman–Crippen MR) is 104 cm³/mol. The van der Waals surface area contributed by atoms with Crippen LogP contribution in [0.2, 0.25) is 0 Å². The Hall–Kier alpha value is -2.20. The van der Waals surface area contributed by atoms with Crippen molar-refractivity contribution in [3.8, 4) is 0 Å². The Balaban J connectivity index is 1.32. The summed E-state index contributed by atoms with van der Waals surface area (Å²) in [4.78, 5) is 20.3. The molecule has 4 atom stereocenters. The van der Waals surface area contributed by atoms with E-state index in [1.807, 2.05) is 24.3 Å². The van der Waals surface area contributed by atoms with Crippen molar-refractivity contribution in [3.63, 3.8) is 0 Å². The van der Waals surface area contributed by atoms with Crippen LogP contribution in [0.5, 0.6) is 0 Å². The van der Waals surface area contributed by atoms with Crippen molar-refractivity contribution >= 4 is 28.7 Å². The van der Waals surface area contributed by atoms with Gasteiger partial charge in [0.15, 0.2) is 0 Å². The Morgan fingerprint density at radius 3 is 2.93 bits per heavy atom. The quantitative estimate of drug-likeness (QED) is 0.631. The van der Waals surface area contributed by atoms with Crippen molar-refractivity contribution in [1.82, 2.24) is 20.6 Å². The fourth-order valence-electron chi connectivity index (χ4n) is 3.53. The maximum Gasteiger partial charge on any atom is 0.411 e. The number of aromatic nitrogens is 2. The molecule has 156 valence electrons. The van der Waals surface area contributed by atoms with Crippen molar-refractivity contribution in [2.24, 2.45) is 5.92 Å². The molecule has 1 saturated carbocycles. The Labute approximate surface area is 169 Å². The Morgan fingerprint density at radius 1 is 1.45 bits per heavy atom. The van der Waals surface area contributed by atoms with Crippen LogP contribution in [0.3, 0.4) is 0 Å². The lowest BCUT2D eigenvalue weighted by Gasteiger charge is -2.35. The number of amides is 1. The molecule has 1 aliphatic carbocycles. The van der Waals surface area contributed by atoms with Gasteiger partial charge in [0, 0.05) is 18.5 Å². The van der Waals surface area contributed by atoms with Gasteiger partial charge in [-0.1, -0.05) is 23.9 Å². The zero-order valence-electron chi connectivity index (χ0n) is 15.6. The first kappa shape index (κ1) is 20.1.